The van der Waals surface area contributed by atoms with E-state index in [1.807, 2.05) is 29.2 Å². The summed E-state index contributed by atoms with van der Waals surface area (Å²) in [5.41, 5.74) is 2.43. The van der Waals surface area contributed by atoms with Crippen LogP contribution in [0, 0.1) is 5.92 Å². The fourth-order valence-electron chi connectivity index (χ4n) is 3.74. The van der Waals surface area contributed by atoms with E-state index < -0.39 is 0 Å². The van der Waals surface area contributed by atoms with Gasteiger partial charge >= 0.3 is 0 Å². The van der Waals surface area contributed by atoms with Gasteiger partial charge in [-0.25, -0.2) is 0 Å². The van der Waals surface area contributed by atoms with Crippen molar-refractivity contribution >= 4 is 17.5 Å². The first-order valence-electron chi connectivity index (χ1n) is 11.1. The lowest BCUT2D eigenvalue weighted by Crippen LogP contribution is -2.39. The third kappa shape index (κ3) is 6.35. The molecule has 7 heteroatoms. The van der Waals surface area contributed by atoms with E-state index in [0.29, 0.717) is 18.7 Å². The number of hydrogen-bond donors (Lipinski definition) is 1. The van der Waals surface area contributed by atoms with E-state index in [4.69, 9.17) is 4.74 Å². The highest BCUT2D eigenvalue weighted by atomic mass is 16.5. The highest BCUT2D eigenvalue weighted by Crippen LogP contribution is 2.30. The minimum atomic E-state index is -0.00106. The molecule has 1 aliphatic heterocycles. The van der Waals surface area contributed by atoms with Gasteiger partial charge in [-0.3, -0.25) is 19.5 Å². The molecule has 1 aromatic heterocycles. The molecule has 164 valence electrons. The van der Waals surface area contributed by atoms with Crippen LogP contribution < -0.4 is 5.32 Å². The number of benzene rings is 1. The largest absolute Gasteiger partial charge is 0.379 e. The molecule has 1 saturated carbocycles. The van der Waals surface area contributed by atoms with Gasteiger partial charge in [0.25, 0.3) is 5.91 Å². The fraction of sp³-hybridized carbons (Fsp3) is 0.458. The van der Waals surface area contributed by atoms with E-state index in [-0.39, 0.29) is 17.7 Å². The molecule has 4 rings (SSSR count). The van der Waals surface area contributed by atoms with Crippen LogP contribution in [0.1, 0.15) is 35.2 Å². The van der Waals surface area contributed by atoms with Crippen molar-refractivity contribution in [2.75, 3.05) is 44.7 Å². The van der Waals surface area contributed by atoms with Gasteiger partial charge in [-0.15, -0.1) is 0 Å². The lowest BCUT2D eigenvalue weighted by atomic mass is 10.1. The van der Waals surface area contributed by atoms with E-state index in [9.17, 15) is 9.59 Å². The molecule has 1 aliphatic carbocycles. The van der Waals surface area contributed by atoms with Crippen LogP contribution in [0.15, 0.2) is 48.8 Å². The summed E-state index contributed by atoms with van der Waals surface area (Å²) >= 11 is 0. The summed E-state index contributed by atoms with van der Waals surface area (Å²) in [5.74, 6) is 0.226. The number of nitrogens with zero attached hydrogens (tertiary/aromatic N) is 3. The second-order valence-corrected chi connectivity index (χ2v) is 8.23. The Hall–Kier alpha value is -2.77. The predicted octanol–water partition coefficient (Wildman–Crippen LogP) is 2.79. The fourth-order valence-corrected chi connectivity index (χ4v) is 3.74. The number of aromatic nitrogens is 1. The summed E-state index contributed by atoms with van der Waals surface area (Å²) in [6, 6.07) is 11.1. The molecule has 31 heavy (non-hydrogen) atoms. The van der Waals surface area contributed by atoms with E-state index in [0.717, 1.165) is 63.4 Å². The zero-order chi connectivity index (χ0) is 21.5. The quantitative estimate of drug-likeness (QED) is 0.673. The molecule has 0 bridgehead atoms. The normalized spacial score (nSPS) is 16.6. The van der Waals surface area contributed by atoms with Crippen molar-refractivity contribution in [1.82, 2.24) is 14.8 Å². The molecular formula is C24H30N4O3. The first-order chi connectivity index (χ1) is 15.2. The van der Waals surface area contributed by atoms with Crippen LogP contribution in [0.25, 0.3) is 0 Å². The molecule has 7 nitrogen and oxygen atoms in total. The molecule has 0 atom stereocenters. The summed E-state index contributed by atoms with van der Waals surface area (Å²) < 4.78 is 5.41. The molecule has 0 spiro atoms. The number of carbonyl (C=O) groups excluding carboxylic acids is 2. The smallest absolute Gasteiger partial charge is 0.254 e. The van der Waals surface area contributed by atoms with Crippen molar-refractivity contribution in [3.63, 3.8) is 0 Å². The summed E-state index contributed by atoms with van der Waals surface area (Å²) in [5, 5.41) is 2.92. The monoisotopic (exact) mass is 422 g/mol. The Morgan fingerprint density at radius 1 is 1.06 bits per heavy atom. The average molecular weight is 423 g/mol. The van der Waals surface area contributed by atoms with Crippen molar-refractivity contribution in [2.24, 2.45) is 5.92 Å². The molecule has 1 saturated heterocycles. The minimum absolute atomic E-state index is 0.00106. The van der Waals surface area contributed by atoms with Crippen molar-refractivity contribution in [1.29, 1.82) is 0 Å². The maximum atomic E-state index is 13.3. The number of hydrogen-bond acceptors (Lipinski definition) is 5. The Balaban J connectivity index is 1.38. The molecular weight excluding hydrogens is 392 g/mol. The molecule has 1 N–H and O–H groups in total. The Bertz CT molecular complexity index is 862. The second kappa shape index (κ2) is 10.5. The van der Waals surface area contributed by atoms with E-state index in [1.165, 1.54) is 0 Å². The van der Waals surface area contributed by atoms with Crippen LogP contribution >= 0.6 is 0 Å². The number of pyridine rings is 1. The van der Waals surface area contributed by atoms with Crippen LogP contribution in [-0.4, -0.2) is 66.0 Å². The van der Waals surface area contributed by atoms with Gasteiger partial charge in [0.2, 0.25) is 5.91 Å². The SMILES string of the molecule is O=C(Nc1ccc(C(=O)N(CCCN2CCOCC2)Cc2ccncc2)cc1)C1CC1. The zero-order valence-electron chi connectivity index (χ0n) is 17.8. The molecule has 2 amide bonds. The van der Waals surface area contributed by atoms with E-state index in [2.05, 4.69) is 15.2 Å². The van der Waals surface area contributed by atoms with Gasteiger partial charge in [0.15, 0.2) is 0 Å². The Kier molecular flexibility index (Phi) is 7.27. The second-order valence-electron chi connectivity index (χ2n) is 8.23. The third-order valence-electron chi connectivity index (χ3n) is 5.76. The summed E-state index contributed by atoms with van der Waals surface area (Å²) in [6.45, 7) is 5.64. The number of ether oxygens (including phenoxy) is 1. The van der Waals surface area contributed by atoms with Crippen molar-refractivity contribution in [3.8, 4) is 0 Å². The molecule has 2 aromatic rings. The van der Waals surface area contributed by atoms with E-state index in [1.54, 1.807) is 24.5 Å². The van der Waals surface area contributed by atoms with Crippen LogP contribution in [-0.2, 0) is 16.1 Å². The highest BCUT2D eigenvalue weighted by Gasteiger charge is 2.29. The topological polar surface area (TPSA) is 74.8 Å². The number of carbonyl (C=O) groups is 2. The number of amides is 2. The van der Waals surface area contributed by atoms with E-state index >= 15 is 0 Å². The van der Waals surface area contributed by atoms with Crippen molar-refractivity contribution in [2.45, 2.75) is 25.8 Å². The molecule has 1 aromatic carbocycles. The number of morpholine rings is 1. The molecule has 0 unspecified atom stereocenters. The lowest BCUT2D eigenvalue weighted by molar-refractivity contribution is -0.117. The molecule has 2 heterocycles. The van der Waals surface area contributed by atoms with Gasteiger partial charge in [-0.1, -0.05) is 0 Å². The van der Waals surface area contributed by atoms with Gasteiger partial charge in [-0.2, -0.15) is 0 Å². The average Bonchev–Trinajstić information content (AvgIpc) is 3.66. The van der Waals surface area contributed by atoms with Crippen LogP contribution in [0.3, 0.4) is 0 Å². The molecule has 0 radical (unpaired) electrons. The van der Waals surface area contributed by atoms with Crippen molar-refractivity contribution in [3.05, 3.63) is 59.9 Å². The van der Waals surface area contributed by atoms with Gasteiger partial charge in [0.05, 0.1) is 13.2 Å². The first-order valence-corrected chi connectivity index (χ1v) is 11.1. The first kappa shape index (κ1) is 21.5. The summed E-state index contributed by atoms with van der Waals surface area (Å²) in [4.78, 5) is 33.6. The Labute approximate surface area is 183 Å². The van der Waals surface area contributed by atoms with Crippen molar-refractivity contribution < 1.29 is 14.3 Å². The van der Waals surface area contributed by atoms with Gasteiger partial charge in [0.1, 0.15) is 0 Å². The number of rotatable bonds is 9. The maximum Gasteiger partial charge on any atom is 0.254 e. The lowest BCUT2D eigenvalue weighted by Gasteiger charge is -2.28. The Morgan fingerprint density at radius 2 is 1.77 bits per heavy atom. The predicted molar refractivity (Wildman–Crippen MR) is 119 cm³/mol. The van der Waals surface area contributed by atoms with Crippen LogP contribution in [0.4, 0.5) is 5.69 Å². The Morgan fingerprint density at radius 3 is 2.45 bits per heavy atom. The number of nitrogens with one attached hydrogen (secondary N) is 1. The molecule has 2 fully saturated rings. The number of anilines is 1. The van der Waals surface area contributed by atoms with Crippen LogP contribution in [0.5, 0.6) is 0 Å². The van der Waals surface area contributed by atoms with Gasteiger partial charge in [-0.05, 0) is 61.2 Å². The summed E-state index contributed by atoms with van der Waals surface area (Å²) in [6.07, 6.45) is 6.35. The maximum absolute atomic E-state index is 13.3. The van der Waals surface area contributed by atoms with Crippen LogP contribution in [0.2, 0.25) is 0 Å². The summed E-state index contributed by atoms with van der Waals surface area (Å²) in [7, 11) is 0. The standard InChI is InChI=1S/C24H30N4O3/c29-23(20-2-3-20)26-22-6-4-21(5-7-22)24(30)28(18-19-8-10-25-11-9-19)13-1-12-27-14-16-31-17-15-27/h4-11,20H,1-3,12-18H2,(H,26,29). The van der Waals surface area contributed by atoms with Gasteiger partial charge in [0, 0.05) is 62.3 Å². The third-order valence-corrected chi connectivity index (χ3v) is 5.76. The minimum Gasteiger partial charge on any atom is -0.379 e. The molecule has 2 aliphatic rings. The highest BCUT2D eigenvalue weighted by molar-refractivity contribution is 5.96. The van der Waals surface area contributed by atoms with Gasteiger partial charge < -0.3 is 15.0 Å². The zero-order valence-corrected chi connectivity index (χ0v) is 17.8.